The van der Waals surface area contributed by atoms with E-state index in [1.54, 1.807) is 11.4 Å². The van der Waals surface area contributed by atoms with Gasteiger partial charge >= 0.3 is 0 Å². The first-order valence-electron chi connectivity index (χ1n) is 5.58. The predicted octanol–water partition coefficient (Wildman–Crippen LogP) is 3.70. The Labute approximate surface area is 132 Å². The van der Waals surface area contributed by atoms with E-state index in [0.29, 0.717) is 11.3 Å². The normalized spacial score (nSPS) is 10.2. The van der Waals surface area contributed by atoms with E-state index in [1.165, 1.54) is 36.5 Å². The van der Waals surface area contributed by atoms with Crippen LogP contribution in [-0.4, -0.2) is 11.8 Å². The molecule has 0 fully saturated rings. The van der Waals surface area contributed by atoms with Gasteiger partial charge < -0.3 is 10.6 Å². The zero-order valence-corrected chi connectivity index (χ0v) is 13.3. The monoisotopic (exact) mass is 404 g/mol. The van der Waals surface area contributed by atoms with Gasteiger partial charge in [0.2, 0.25) is 5.91 Å². The number of carbonyl (C=O) groups excluding carboxylic acids is 2. The van der Waals surface area contributed by atoms with Crippen molar-refractivity contribution in [2.24, 2.45) is 0 Å². The SMILES string of the molecule is CC(=O)Nc1cc(NC(=O)c2csc(I)c2)ccc1F. The van der Waals surface area contributed by atoms with E-state index in [-0.39, 0.29) is 17.5 Å². The maximum Gasteiger partial charge on any atom is 0.256 e. The number of hydrogen-bond acceptors (Lipinski definition) is 3. The number of thiophene rings is 1. The van der Waals surface area contributed by atoms with Crippen LogP contribution < -0.4 is 10.6 Å². The molecular weight excluding hydrogens is 394 g/mol. The second kappa shape index (κ2) is 6.31. The van der Waals surface area contributed by atoms with Gasteiger partial charge in [-0.3, -0.25) is 9.59 Å². The van der Waals surface area contributed by atoms with Crippen LogP contribution >= 0.6 is 33.9 Å². The van der Waals surface area contributed by atoms with E-state index in [0.717, 1.165) is 2.88 Å². The number of benzene rings is 1. The van der Waals surface area contributed by atoms with E-state index in [4.69, 9.17) is 0 Å². The van der Waals surface area contributed by atoms with Crippen LogP contribution in [0.25, 0.3) is 0 Å². The molecule has 0 aliphatic heterocycles. The van der Waals surface area contributed by atoms with Gasteiger partial charge in [0.15, 0.2) is 0 Å². The van der Waals surface area contributed by atoms with Gasteiger partial charge in [0.05, 0.1) is 14.1 Å². The molecule has 0 aliphatic carbocycles. The topological polar surface area (TPSA) is 58.2 Å². The van der Waals surface area contributed by atoms with Gasteiger partial charge in [-0.1, -0.05) is 0 Å². The highest BCUT2D eigenvalue weighted by Crippen LogP contribution is 2.22. The van der Waals surface area contributed by atoms with Crippen molar-refractivity contribution < 1.29 is 14.0 Å². The van der Waals surface area contributed by atoms with Crippen molar-refractivity contribution >= 4 is 57.1 Å². The smallest absolute Gasteiger partial charge is 0.256 e. The molecule has 0 radical (unpaired) electrons. The predicted molar refractivity (Wildman–Crippen MR) is 85.7 cm³/mol. The van der Waals surface area contributed by atoms with Crippen molar-refractivity contribution in [2.75, 3.05) is 10.6 Å². The van der Waals surface area contributed by atoms with E-state index in [1.807, 2.05) is 0 Å². The summed E-state index contributed by atoms with van der Waals surface area (Å²) in [5.41, 5.74) is 1.00. The largest absolute Gasteiger partial charge is 0.324 e. The quantitative estimate of drug-likeness (QED) is 0.767. The molecule has 4 nitrogen and oxygen atoms in total. The van der Waals surface area contributed by atoms with Gasteiger partial charge in [-0.25, -0.2) is 4.39 Å². The van der Waals surface area contributed by atoms with Crippen molar-refractivity contribution in [3.63, 3.8) is 0 Å². The molecule has 0 saturated carbocycles. The lowest BCUT2D eigenvalue weighted by atomic mass is 10.2. The van der Waals surface area contributed by atoms with E-state index in [9.17, 15) is 14.0 Å². The number of carbonyl (C=O) groups is 2. The van der Waals surface area contributed by atoms with Crippen LogP contribution in [0.3, 0.4) is 0 Å². The highest BCUT2D eigenvalue weighted by atomic mass is 127. The van der Waals surface area contributed by atoms with Gasteiger partial charge in [0.25, 0.3) is 5.91 Å². The fourth-order valence-corrected chi connectivity index (χ4v) is 2.85. The lowest BCUT2D eigenvalue weighted by Gasteiger charge is -2.08. The van der Waals surface area contributed by atoms with E-state index in [2.05, 4.69) is 33.2 Å². The minimum absolute atomic E-state index is 0.0372. The summed E-state index contributed by atoms with van der Waals surface area (Å²) >= 11 is 3.60. The molecular formula is C13H10FIN2O2S. The first-order chi connectivity index (χ1) is 9.45. The standard InChI is InChI=1S/C13H10FIN2O2S/c1-7(18)16-11-5-9(2-3-10(11)14)17-13(19)8-4-12(15)20-6-8/h2-6H,1H3,(H,16,18)(H,17,19). The van der Waals surface area contributed by atoms with Crippen molar-refractivity contribution in [2.45, 2.75) is 6.92 Å². The molecule has 2 N–H and O–H groups in total. The molecule has 1 heterocycles. The zero-order chi connectivity index (χ0) is 14.7. The molecule has 0 atom stereocenters. The molecule has 0 saturated heterocycles. The molecule has 0 aliphatic rings. The summed E-state index contributed by atoms with van der Waals surface area (Å²) in [6.07, 6.45) is 0. The molecule has 1 aromatic carbocycles. The summed E-state index contributed by atoms with van der Waals surface area (Å²) in [4.78, 5) is 22.9. The zero-order valence-electron chi connectivity index (χ0n) is 10.4. The first-order valence-corrected chi connectivity index (χ1v) is 7.54. The van der Waals surface area contributed by atoms with Crippen LogP contribution in [0.1, 0.15) is 17.3 Å². The lowest BCUT2D eigenvalue weighted by Crippen LogP contribution is -2.12. The lowest BCUT2D eigenvalue weighted by molar-refractivity contribution is -0.114. The highest BCUT2D eigenvalue weighted by molar-refractivity contribution is 14.1. The Morgan fingerprint density at radius 3 is 2.60 bits per heavy atom. The van der Waals surface area contributed by atoms with Crippen LogP contribution in [0.2, 0.25) is 0 Å². The van der Waals surface area contributed by atoms with E-state index < -0.39 is 5.82 Å². The Balaban J connectivity index is 2.17. The third kappa shape index (κ3) is 3.76. The summed E-state index contributed by atoms with van der Waals surface area (Å²) in [6, 6.07) is 5.78. The second-order valence-electron chi connectivity index (χ2n) is 3.97. The van der Waals surface area contributed by atoms with Crippen LogP contribution in [0.4, 0.5) is 15.8 Å². The minimum Gasteiger partial charge on any atom is -0.324 e. The molecule has 7 heteroatoms. The summed E-state index contributed by atoms with van der Waals surface area (Å²) in [7, 11) is 0. The molecule has 2 rings (SSSR count). The second-order valence-corrected chi connectivity index (χ2v) is 6.77. The number of anilines is 2. The maximum absolute atomic E-state index is 13.5. The van der Waals surface area contributed by atoms with Crippen LogP contribution in [0, 0.1) is 8.70 Å². The fourth-order valence-electron chi connectivity index (χ4n) is 1.52. The summed E-state index contributed by atoms with van der Waals surface area (Å²) in [6.45, 7) is 1.29. The third-order valence-corrected chi connectivity index (χ3v) is 4.15. The van der Waals surface area contributed by atoms with Crippen LogP contribution in [0.15, 0.2) is 29.6 Å². The summed E-state index contributed by atoms with van der Waals surface area (Å²) < 4.78 is 14.5. The number of hydrogen-bond donors (Lipinski definition) is 2. The number of amides is 2. The minimum atomic E-state index is -0.553. The Kier molecular flexibility index (Phi) is 4.71. The molecule has 2 amide bonds. The van der Waals surface area contributed by atoms with Crippen LogP contribution in [-0.2, 0) is 4.79 Å². The average molecular weight is 404 g/mol. The molecule has 20 heavy (non-hydrogen) atoms. The fraction of sp³-hybridized carbons (Fsp3) is 0.0769. The van der Waals surface area contributed by atoms with Crippen molar-refractivity contribution in [3.8, 4) is 0 Å². The van der Waals surface area contributed by atoms with Crippen LogP contribution in [0.5, 0.6) is 0 Å². The van der Waals surface area contributed by atoms with Crippen molar-refractivity contribution in [1.82, 2.24) is 0 Å². The summed E-state index contributed by atoms with van der Waals surface area (Å²) in [5, 5.41) is 6.77. The molecule has 1 aromatic heterocycles. The molecule has 0 spiro atoms. The molecule has 0 bridgehead atoms. The number of rotatable bonds is 3. The number of nitrogens with one attached hydrogen (secondary N) is 2. The van der Waals surface area contributed by atoms with Crippen molar-refractivity contribution in [1.29, 1.82) is 0 Å². The van der Waals surface area contributed by atoms with Gasteiger partial charge in [-0.2, -0.15) is 0 Å². The Bertz CT molecular complexity index is 672. The highest BCUT2D eigenvalue weighted by Gasteiger charge is 2.10. The molecule has 104 valence electrons. The molecule has 2 aromatic rings. The summed E-state index contributed by atoms with van der Waals surface area (Å²) in [5.74, 6) is -1.20. The van der Waals surface area contributed by atoms with Gasteiger partial charge in [0, 0.05) is 18.0 Å². The average Bonchev–Trinajstić information content (AvgIpc) is 2.79. The van der Waals surface area contributed by atoms with Gasteiger partial charge in [-0.15, -0.1) is 11.3 Å². The molecule has 0 unspecified atom stereocenters. The van der Waals surface area contributed by atoms with Crippen molar-refractivity contribution in [3.05, 3.63) is 43.9 Å². The van der Waals surface area contributed by atoms with Gasteiger partial charge in [-0.05, 0) is 46.9 Å². The van der Waals surface area contributed by atoms with E-state index >= 15 is 0 Å². The van der Waals surface area contributed by atoms with Gasteiger partial charge in [0.1, 0.15) is 5.82 Å². The number of halogens is 2. The maximum atomic E-state index is 13.5. The Morgan fingerprint density at radius 2 is 2.00 bits per heavy atom. The first kappa shape index (κ1) is 14.9. The third-order valence-electron chi connectivity index (χ3n) is 2.36. The Morgan fingerprint density at radius 1 is 1.25 bits per heavy atom. The Hall–Kier alpha value is -1.48.